The van der Waals surface area contributed by atoms with Crippen molar-refractivity contribution >= 4 is 39.5 Å². The quantitative estimate of drug-likeness (QED) is 0.0345. The SMILES string of the molecule is COc1ccc(C(OC[C@H]2O[C@@H](n3ccc(NC(=O)c4ccccc4)nc3=O)[C@H](O)[C@@H]2OP(=O)(OC[C@H]2O[C@@H](n3cc(C)c(=O)[nH]c3=O)C[C@@H]2O[Si](C)(C)C(C)(C)C)Oc2ccccc2Cl)(c2ccccc2)c2ccc(OC)cc2)cc1. The minimum atomic E-state index is -5.11. The predicted molar refractivity (Wildman–Crippen MR) is 308 cm³/mol. The number of aliphatic hydroxyl groups excluding tert-OH is 1. The topological polar surface area (TPSA) is 239 Å². The number of carbonyl (C=O) groups excluding carboxylic acids is 1. The number of H-pyrrole nitrogens is 1. The molecule has 82 heavy (non-hydrogen) atoms. The molecule has 5 aromatic carbocycles. The van der Waals surface area contributed by atoms with E-state index < -0.39 is 101 Å². The Morgan fingerprint density at radius 1 is 0.805 bits per heavy atom. The molecule has 4 heterocycles. The van der Waals surface area contributed by atoms with Gasteiger partial charge in [0.25, 0.3) is 11.5 Å². The molecule has 0 aliphatic carbocycles. The lowest BCUT2D eigenvalue weighted by atomic mass is 9.80. The summed E-state index contributed by atoms with van der Waals surface area (Å²) in [6, 6.07) is 39.9. The van der Waals surface area contributed by atoms with Gasteiger partial charge >= 0.3 is 19.2 Å². The predicted octanol–water partition coefficient (Wildman–Crippen LogP) is 9.56. The fraction of sp³-hybridized carbons (Fsp3) is 0.339. The van der Waals surface area contributed by atoms with Crippen LogP contribution in [0.2, 0.25) is 23.2 Å². The maximum absolute atomic E-state index is 15.9. The van der Waals surface area contributed by atoms with Gasteiger partial charge in [0.05, 0.1) is 38.6 Å². The van der Waals surface area contributed by atoms with E-state index >= 15 is 4.57 Å². The maximum atomic E-state index is 15.9. The van der Waals surface area contributed by atoms with Gasteiger partial charge in [-0.05, 0) is 96.3 Å². The van der Waals surface area contributed by atoms with Crippen LogP contribution >= 0.6 is 19.4 Å². The second-order valence-corrected chi connectivity index (χ2v) is 28.0. The lowest BCUT2D eigenvalue weighted by molar-refractivity contribution is -0.0961. The number of phosphoric ester groups is 1. The summed E-state index contributed by atoms with van der Waals surface area (Å²) < 4.78 is 75.7. The number of anilines is 1. The number of aryl methyl sites for hydroxylation is 1. The molecular formula is C59H65ClN5O15PSi. The lowest BCUT2D eigenvalue weighted by Crippen LogP contribution is -2.46. The largest absolute Gasteiger partial charge is 0.530 e. The molecule has 20 nitrogen and oxygen atoms in total. The van der Waals surface area contributed by atoms with Gasteiger partial charge in [0, 0.05) is 29.9 Å². The first-order valence-electron chi connectivity index (χ1n) is 26.4. The maximum Gasteiger partial charge on any atom is 0.530 e. The fourth-order valence-corrected chi connectivity index (χ4v) is 12.5. The summed E-state index contributed by atoms with van der Waals surface area (Å²) in [5, 5.41) is 15.0. The van der Waals surface area contributed by atoms with Crippen LogP contribution in [0.3, 0.4) is 0 Å². The van der Waals surface area contributed by atoms with Crippen LogP contribution in [0.25, 0.3) is 0 Å². The number of rotatable bonds is 21. The van der Waals surface area contributed by atoms with Gasteiger partial charge in [0.2, 0.25) is 0 Å². The zero-order valence-electron chi connectivity index (χ0n) is 46.4. The van der Waals surface area contributed by atoms with Crippen LogP contribution in [-0.4, -0.2) is 96.4 Å². The third-order valence-electron chi connectivity index (χ3n) is 14.9. The Hall–Kier alpha value is -7.01. The molecule has 0 bridgehead atoms. The van der Waals surface area contributed by atoms with Gasteiger partial charge in [-0.3, -0.25) is 32.8 Å². The van der Waals surface area contributed by atoms with Crippen molar-refractivity contribution in [2.45, 2.75) is 101 Å². The summed E-state index contributed by atoms with van der Waals surface area (Å²) in [6.45, 7) is 10.9. The molecule has 2 aliphatic heterocycles. The normalized spacial score (nSPS) is 20.9. The Morgan fingerprint density at radius 3 is 2.00 bits per heavy atom. The van der Waals surface area contributed by atoms with Crippen LogP contribution in [-0.2, 0) is 37.9 Å². The molecule has 0 saturated carbocycles. The average Bonchev–Trinajstić information content (AvgIpc) is 2.85. The minimum Gasteiger partial charge on any atom is -0.497 e. The Labute approximate surface area is 479 Å². The Bertz CT molecular complexity index is 3540. The van der Waals surface area contributed by atoms with E-state index in [2.05, 4.69) is 36.1 Å². The van der Waals surface area contributed by atoms with Gasteiger partial charge in [-0.1, -0.05) is 117 Å². The highest BCUT2D eigenvalue weighted by Crippen LogP contribution is 2.55. The van der Waals surface area contributed by atoms with Crippen molar-refractivity contribution < 1.29 is 56.1 Å². The minimum absolute atomic E-state index is 0.0312. The first-order chi connectivity index (χ1) is 39.1. The average molecular weight is 1180 g/mol. The third kappa shape index (κ3) is 12.9. The molecule has 2 aliphatic rings. The van der Waals surface area contributed by atoms with Crippen LogP contribution in [0.5, 0.6) is 17.2 Å². The van der Waals surface area contributed by atoms with Crippen LogP contribution < -0.4 is 36.3 Å². The molecule has 2 aromatic heterocycles. The van der Waals surface area contributed by atoms with E-state index in [1.54, 1.807) is 87.9 Å². The lowest BCUT2D eigenvalue weighted by Gasteiger charge is -2.39. The highest BCUT2D eigenvalue weighted by molar-refractivity contribution is 7.49. The van der Waals surface area contributed by atoms with E-state index in [1.807, 2.05) is 67.7 Å². The molecule has 7 aromatic rings. The molecule has 2 saturated heterocycles. The Kier molecular flexibility index (Phi) is 18.0. The highest BCUT2D eigenvalue weighted by Gasteiger charge is 2.53. The van der Waals surface area contributed by atoms with Crippen molar-refractivity contribution in [3.63, 3.8) is 0 Å². The van der Waals surface area contributed by atoms with Crippen LogP contribution in [0.15, 0.2) is 166 Å². The summed E-state index contributed by atoms with van der Waals surface area (Å²) in [4.78, 5) is 59.4. The van der Waals surface area contributed by atoms with E-state index in [0.29, 0.717) is 33.8 Å². The van der Waals surface area contributed by atoms with Crippen molar-refractivity contribution in [1.29, 1.82) is 0 Å². The van der Waals surface area contributed by atoms with E-state index in [9.17, 15) is 24.3 Å². The molecule has 0 spiro atoms. The highest BCUT2D eigenvalue weighted by atomic mass is 35.5. The van der Waals surface area contributed by atoms with Gasteiger partial charge < -0.3 is 43.1 Å². The van der Waals surface area contributed by atoms with E-state index in [4.69, 9.17) is 53.3 Å². The number of benzene rings is 5. The summed E-state index contributed by atoms with van der Waals surface area (Å²) in [7, 11) is -4.60. The van der Waals surface area contributed by atoms with Crippen molar-refractivity contribution in [1.82, 2.24) is 19.1 Å². The monoisotopic (exact) mass is 1180 g/mol. The fourth-order valence-electron chi connectivity index (χ4n) is 9.48. The molecule has 1 unspecified atom stereocenters. The number of hydrogen-bond donors (Lipinski definition) is 3. The van der Waals surface area contributed by atoms with Crippen molar-refractivity contribution in [3.8, 4) is 17.2 Å². The smallest absolute Gasteiger partial charge is 0.497 e. The molecule has 432 valence electrons. The number of methoxy groups -OCH3 is 2. The standard InChI is InChI=1S/C59H65ClN5O15PSi/c1-37-34-65(57(70)63-53(37)67)50-33-46(80-82(7,8)58(2,3)4)47(76-50)36-75-81(71,78-45-22-16-15-21-44(45)60)79-52-48(77-55(51(52)66)64-32-31-49(62-56(64)69)61-54(68)38-17-11-9-12-18-38)35-74-59(39-19-13-10-14-20-39,40-23-27-42(72-5)28-24-40)41-25-29-43(73-6)30-26-41/h9-32,34,46-48,50-52,55,66H,33,35-36H2,1-8H3,(H,63,67,70)(H,61,62,68,69)/t46-,47+,48+,50+,51+,52+,55+,81?/m0/s1. The number of phosphoric acid groups is 1. The molecular weight excluding hydrogens is 1110 g/mol. The van der Waals surface area contributed by atoms with E-state index in [0.717, 1.165) is 4.57 Å². The number of aromatic nitrogens is 4. The Balaban J connectivity index is 1.12. The molecule has 23 heteroatoms. The van der Waals surface area contributed by atoms with E-state index in [-0.39, 0.29) is 33.6 Å². The first kappa shape index (κ1) is 59.6. The van der Waals surface area contributed by atoms with Gasteiger partial charge in [0.1, 0.15) is 59.3 Å². The van der Waals surface area contributed by atoms with Crippen LogP contribution in [0, 0.1) is 6.92 Å². The Morgan fingerprint density at radius 2 is 1.40 bits per heavy atom. The number of para-hydroxylation sites is 1. The number of amides is 1. The van der Waals surface area contributed by atoms with Gasteiger partial charge in [-0.25, -0.2) is 14.2 Å². The molecule has 2 fully saturated rings. The number of ether oxygens (including phenoxy) is 5. The molecule has 0 radical (unpaired) electrons. The zero-order chi connectivity index (χ0) is 58.6. The molecule has 3 N–H and O–H groups in total. The van der Waals surface area contributed by atoms with Crippen molar-refractivity contribution in [2.24, 2.45) is 0 Å². The summed E-state index contributed by atoms with van der Waals surface area (Å²) in [6.07, 6.45) is -6.51. The third-order valence-corrected chi connectivity index (χ3v) is 21.1. The second kappa shape index (κ2) is 24.8. The number of aromatic amines is 1. The van der Waals surface area contributed by atoms with Crippen LogP contribution in [0.1, 0.15) is 72.3 Å². The second-order valence-electron chi connectivity index (χ2n) is 21.3. The molecule has 8 atom stereocenters. The summed E-state index contributed by atoms with van der Waals surface area (Å²) in [5.74, 6) is 0.440. The van der Waals surface area contributed by atoms with Gasteiger partial charge in [-0.2, -0.15) is 4.98 Å². The number of carbonyl (C=O) groups is 1. The summed E-state index contributed by atoms with van der Waals surface area (Å²) >= 11 is 6.67. The number of aliphatic hydroxyl groups is 1. The summed E-state index contributed by atoms with van der Waals surface area (Å²) in [5.41, 5.74) is -1.10. The van der Waals surface area contributed by atoms with Crippen LogP contribution in [0.4, 0.5) is 5.82 Å². The molecule has 9 rings (SSSR count). The first-order valence-corrected chi connectivity index (χ1v) is 31.2. The number of hydrogen-bond acceptors (Lipinski definition) is 16. The van der Waals surface area contributed by atoms with Crippen molar-refractivity contribution in [3.05, 3.63) is 216 Å². The zero-order valence-corrected chi connectivity index (χ0v) is 49.1. The number of nitrogens with zero attached hydrogens (tertiary/aromatic N) is 3. The number of nitrogens with one attached hydrogen (secondary N) is 2. The van der Waals surface area contributed by atoms with Gasteiger partial charge in [-0.15, -0.1) is 0 Å². The van der Waals surface area contributed by atoms with E-state index in [1.165, 1.54) is 35.2 Å². The van der Waals surface area contributed by atoms with Gasteiger partial charge in [0.15, 0.2) is 14.5 Å². The number of halogens is 1. The molecule has 1 amide bonds. The van der Waals surface area contributed by atoms with Crippen molar-refractivity contribution in [2.75, 3.05) is 32.8 Å².